The van der Waals surface area contributed by atoms with Gasteiger partial charge in [0.2, 0.25) is 0 Å². The van der Waals surface area contributed by atoms with E-state index in [1.54, 1.807) is 18.2 Å². The second-order valence-electron chi connectivity index (χ2n) is 2.80. The first-order valence-electron chi connectivity index (χ1n) is 3.98. The number of aliphatic hydroxyl groups excluding tert-OH is 2. The molecular weight excluding hydrogens is 170 g/mol. The summed E-state index contributed by atoms with van der Waals surface area (Å²) >= 11 is 0. The van der Waals surface area contributed by atoms with Crippen molar-refractivity contribution in [1.82, 2.24) is 0 Å². The average molecular weight is 183 g/mol. The number of para-hydroxylation sites is 1. The first kappa shape index (κ1) is 9.98. The van der Waals surface area contributed by atoms with E-state index >= 15 is 0 Å². The van der Waals surface area contributed by atoms with Gasteiger partial charge in [-0.2, -0.15) is 0 Å². The van der Waals surface area contributed by atoms with Crippen molar-refractivity contribution in [3.63, 3.8) is 0 Å². The Kier molecular flexibility index (Phi) is 3.25. The van der Waals surface area contributed by atoms with Crippen LogP contribution in [0.5, 0.6) is 5.75 Å². The molecule has 0 aromatic heterocycles. The fraction of sp³-hybridized carbons (Fsp3) is 0.333. The molecular formula is C9H13NO3. The first-order chi connectivity index (χ1) is 6.20. The van der Waals surface area contributed by atoms with E-state index < -0.39 is 6.04 Å². The number of hydrogen-bond acceptors (Lipinski definition) is 4. The summed E-state index contributed by atoms with van der Waals surface area (Å²) in [7, 11) is 0. The molecule has 0 radical (unpaired) electrons. The Hall–Kier alpha value is -1.10. The van der Waals surface area contributed by atoms with Crippen LogP contribution in [0.2, 0.25) is 0 Å². The fourth-order valence-electron chi connectivity index (χ4n) is 1.14. The third-order valence-electron chi connectivity index (χ3n) is 1.92. The normalized spacial score (nSPS) is 12.8. The van der Waals surface area contributed by atoms with E-state index in [-0.39, 0.29) is 19.0 Å². The zero-order valence-electron chi connectivity index (χ0n) is 7.14. The maximum atomic E-state index is 9.54. The van der Waals surface area contributed by atoms with Crippen molar-refractivity contribution in [1.29, 1.82) is 0 Å². The molecule has 0 spiro atoms. The highest BCUT2D eigenvalue weighted by molar-refractivity contribution is 5.41. The highest BCUT2D eigenvalue weighted by Crippen LogP contribution is 2.26. The molecule has 0 fully saturated rings. The molecule has 72 valence electrons. The van der Waals surface area contributed by atoms with Gasteiger partial charge in [-0.3, -0.25) is 0 Å². The summed E-state index contributed by atoms with van der Waals surface area (Å²) in [6, 6.07) is 4.29. The molecule has 0 saturated carbocycles. The lowest BCUT2D eigenvalue weighted by atomic mass is 10.0. The third-order valence-corrected chi connectivity index (χ3v) is 1.92. The van der Waals surface area contributed by atoms with Crippen LogP contribution in [0.4, 0.5) is 0 Å². The van der Waals surface area contributed by atoms with Gasteiger partial charge in [0.1, 0.15) is 5.75 Å². The maximum absolute atomic E-state index is 9.54. The van der Waals surface area contributed by atoms with Crippen molar-refractivity contribution in [2.24, 2.45) is 5.73 Å². The fourth-order valence-corrected chi connectivity index (χ4v) is 1.14. The van der Waals surface area contributed by atoms with Crippen molar-refractivity contribution in [3.8, 4) is 5.75 Å². The summed E-state index contributed by atoms with van der Waals surface area (Å²) in [6.07, 6.45) is 0. The van der Waals surface area contributed by atoms with Crippen LogP contribution in [-0.2, 0) is 6.61 Å². The summed E-state index contributed by atoms with van der Waals surface area (Å²) in [4.78, 5) is 0. The minimum Gasteiger partial charge on any atom is -0.507 e. The molecule has 0 saturated heterocycles. The number of benzene rings is 1. The Morgan fingerprint density at radius 3 is 2.54 bits per heavy atom. The van der Waals surface area contributed by atoms with Gasteiger partial charge in [0, 0.05) is 11.1 Å². The van der Waals surface area contributed by atoms with Gasteiger partial charge in [-0.05, 0) is 0 Å². The number of aromatic hydroxyl groups is 1. The Labute approximate surface area is 76.2 Å². The largest absolute Gasteiger partial charge is 0.507 e. The molecule has 13 heavy (non-hydrogen) atoms. The number of aliphatic hydroxyl groups is 2. The van der Waals surface area contributed by atoms with Gasteiger partial charge in [-0.25, -0.2) is 0 Å². The van der Waals surface area contributed by atoms with Crippen LogP contribution in [-0.4, -0.2) is 21.9 Å². The molecule has 1 atom stereocenters. The van der Waals surface area contributed by atoms with Crippen molar-refractivity contribution in [2.45, 2.75) is 12.6 Å². The van der Waals surface area contributed by atoms with Crippen LogP contribution in [0.15, 0.2) is 18.2 Å². The lowest BCUT2D eigenvalue weighted by Gasteiger charge is -2.12. The van der Waals surface area contributed by atoms with Gasteiger partial charge in [-0.15, -0.1) is 0 Å². The molecule has 1 aromatic rings. The van der Waals surface area contributed by atoms with Crippen molar-refractivity contribution in [3.05, 3.63) is 29.3 Å². The minimum absolute atomic E-state index is 0.0356. The van der Waals surface area contributed by atoms with E-state index in [0.717, 1.165) is 0 Å². The van der Waals surface area contributed by atoms with Crippen LogP contribution >= 0.6 is 0 Å². The molecule has 4 nitrogen and oxygen atoms in total. The minimum atomic E-state index is -0.605. The standard InChI is InChI=1S/C9H13NO3/c10-8(5-12)7-3-1-2-6(4-11)9(7)13/h1-3,8,11-13H,4-5,10H2/t8-/m0/s1. The monoisotopic (exact) mass is 183 g/mol. The lowest BCUT2D eigenvalue weighted by molar-refractivity contribution is 0.260. The van der Waals surface area contributed by atoms with Gasteiger partial charge < -0.3 is 21.1 Å². The van der Waals surface area contributed by atoms with E-state index in [2.05, 4.69) is 0 Å². The SMILES string of the molecule is N[C@@H](CO)c1cccc(CO)c1O. The molecule has 0 heterocycles. The van der Waals surface area contributed by atoms with Crippen molar-refractivity contribution < 1.29 is 15.3 Å². The molecule has 0 aliphatic heterocycles. The van der Waals surface area contributed by atoms with Gasteiger partial charge in [0.15, 0.2) is 0 Å². The molecule has 0 aliphatic rings. The van der Waals surface area contributed by atoms with Crippen molar-refractivity contribution >= 4 is 0 Å². The number of rotatable bonds is 3. The summed E-state index contributed by atoms with van der Waals surface area (Å²) in [5, 5.41) is 27.2. The summed E-state index contributed by atoms with van der Waals surface area (Å²) in [5.41, 5.74) is 6.40. The lowest BCUT2D eigenvalue weighted by Crippen LogP contribution is -2.14. The highest BCUT2D eigenvalue weighted by Gasteiger charge is 2.11. The highest BCUT2D eigenvalue weighted by atomic mass is 16.3. The quantitative estimate of drug-likeness (QED) is 0.526. The molecule has 1 rings (SSSR count). The van der Waals surface area contributed by atoms with E-state index in [9.17, 15) is 5.11 Å². The van der Waals surface area contributed by atoms with E-state index in [1.165, 1.54) is 0 Å². The second-order valence-corrected chi connectivity index (χ2v) is 2.80. The number of hydrogen-bond donors (Lipinski definition) is 4. The van der Waals surface area contributed by atoms with Crippen LogP contribution < -0.4 is 5.73 Å². The molecule has 0 unspecified atom stereocenters. The maximum Gasteiger partial charge on any atom is 0.125 e. The summed E-state index contributed by atoms with van der Waals surface area (Å²) < 4.78 is 0. The summed E-state index contributed by atoms with van der Waals surface area (Å²) in [6.45, 7) is -0.472. The Bertz CT molecular complexity index is 288. The number of nitrogens with two attached hydrogens (primary N) is 1. The van der Waals surface area contributed by atoms with Crippen LogP contribution in [0.1, 0.15) is 17.2 Å². The third kappa shape index (κ3) is 1.98. The predicted molar refractivity (Wildman–Crippen MR) is 48.0 cm³/mol. The Morgan fingerprint density at radius 1 is 1.31 bits per heavy atom. The predicted octanol–water partition coefficient (Wildman–Crippen LogP) is -0.123. The number of phenols is 1. The molecule has 5 N–H and O–H groups in total. The first-order valence-corrected chi connectivity index (χ1v) is 3.98. The van der Waals surface area contributed by atoms with Crippen LogP contribution in [0, 0.1) is 0 Å². The second kappa shape index (κ2) is 4.23. The average Bonchev–Trinajstić information content (AvgIpc) is 2.17. The Balaban J connectivity index is 3.08. The van der Waals surface area contributed by atoms with Gasteiger partial charge >= 0.3 is 0 Å². The van der Waals surface area contributed by atoms with Crippen molar-refractivity contribution in [2.75, 3.05) is 6.61 Å². The molecule has 1 aromatic carbocycles. The van der Waals surface area contributed by atoms with E-state index in [1.807, 2.05) is 0 Å². The zero-order valence-corrected chi connectivity index (χ0v) is 7.14. The van der Waals surface area contributed by atoms with E-state index in [0.29, 0.717) is 11.1 Å². The topological polar surface area (TPSA) is 86.7 Å². The van der Waals surface area contributed by atoms with Crippen LogP contribution in [0.25, 0.3) is 0 Å². The molecule has 0 aliphatic carbocycles. The Morgan fingerprint density at radius 2 is 2.00 bits per heavy atom. The van der Waals surface area contributed by atoms with Gasteiger partial charge in [0.05, 0.1) is 19.3 Å². The zero-order chi connectivity index (χ0) is 9.84. The summed E-state index contributed by atoms with van der Waals surface area (Å²) in [5.74, 6) is -0.0356. The van der Waals surface area contributed by atoms with E-state index in [4.69, 9.17) is 15.9 Å². The van der Waals surface area contributed by atoms with Gasteiger partial charge in [-0.1, -0.05) is 18.2 Å². The molecule has 4 heteroatoms. The van der Waals surface area contributed by atoms with Crippen LogP contribution in [0.3, 0.4) is 0 Å². The molecule has 0 amide bonds. The van der Waals surface area contributed by atoms with Gasteiger partial charge in [0.25, 0.3) is 0 Å². The molecule has 0 bridgehead atoms. The smallest absolute Gasteiger partial charge is 0.125 e.